The van der Waals surface area contributed by atoms with Gasteiger partial charge in [-0.15, -0.1) is 0 Å². The number of benzene rings is 1. The van der Waals surface area contributed by atoms with Crippen LogP contribution < -0.4 is 5.56 Å². The Bertz CT molecular complexity index is 1240. The van der Waals surface area contributed by atoms with Crippen LogP contribution in [0.4, 0.5) is 0 Å². The maximum atomic E-state index is 13.4. The van der Waals surface area contributed by atoms with E-state index < -0.39 is 0 Å². The van der Waals surface area contributed by atoms with E-state index in [0.29, 0.717) is 32.0 Å². The number of aryl methyl sites for hydroxylation is 1. The lowest BCUT2D eigenvalue weighted by Gasteiger charge is -2.12. The summed E-state index contributed by atoms with van der Waals surface area (Å²) in [5.41, 5.74) is 1.71. The highest BCUT2D eigenvalue weighted by Gasteiger charge is 2.32. The molecule has 5 nitrogen and oxygen atoms in total. The van der Waals surface area contributed by atoms with Gasteiger partial charge in [0.25, 0.3) is 11.5 Å². The van der Waals surface area contributed by atoms with Crippen molar-refractivity contribution in [2.45, 2.75) is 30.2 Å². The average Bonchev–Trinajstić information content (AvgIpc) is 3.00. The van der Waals surface area contributed by atoms with Crippen molar-refractivity contribution in [3.05, 3.63) is 75.0 Å². The smallest absolute Gasteiger partial charge is 0.266 e. The van der Waals surface area contributed by atoms with Crippen molar-refractivity contribution in [2.24, 2.45) is 0 Å². The molecule has 1 fully saturated rings. The summed E-state index contributed by atoms with van der Waals surface area (Å²) in [5.74, 6) is -0.156. The number of carbonyl (C=O) groups is 1. The van der Waals surface area contributed by atoms with Crippen molar-refractivity contribution in [3.63, 3.8) is 0 Å². The van der Waals surface area contributed by atoms with Crippen LogP contribution in [0, 0.1) is 6.92 Å². The van der Waals surface area contributed by atoms with Gasteiger partial charge < -0.3 is 0 Å². The predicted octanol–water partition coefficient (Wildman–Crippen LogP) is 4.77. The zero-order valence-electron chi connectivity index (χ0n) is 16.5. The Balaban J connectivity index is 1.87. The number of hydrogen-bond donors (Lipinski definition) is 0. The number of thioether (sulfide) groups is 1. The second kappa shape index (κ2) is 8.75. The second-order valence-electron chi connectivity index (χ2n) is 6.82. The molecule has 0 unspecified atom stereocenters. The van der Waals surface area contributed by atoms with E-state index in [1.165, 1.54) is 27.9 Å². The highest BCUT2D eigenvalue weighted by Crippen LogP contribution is 2.35. The van der Waals surface area contributed by atoms with Gasteiger partial charge in [-0.3, -0.25) is 18.9 Å². The van der Waals surface area contributed by atoms with Crippen molar-refractivity contribution in [2.75, 3.05) is 6.54 Å². The normalized spacial score (nSPS) is 15.5. The minimum absolute atomic E-state index is 0.156. The van der Waals surface area contributed by atoms with Gasteiger partial charge in [0.2, 0.25) is 0 Å². The van der Waals surface area contributed by atoms with Crippen molar-refractivity contribution < 1.29 is 4.79 Å². The predicted molar refractivity (Wildman–Crippen MR) is 127 cm³/mol. The first-order chi connectivity index (χ1) is 14.5. The fraction of sp³-hybridized carbons (Fsp3) is 0.182. The summed E-state index contributed by atoms with van der Waals surface area (Å²) in [7, 11) is 0. The molecular weight excluding hydrogens is 434 g/mol. The Labute approximate surface area is 188 Å². The van der Waals surface area contributed by atoms with E-state index in [2.05, 4.69) is 0 Å². The Kier molecular flexibility index (Phi) is 6.08. The fourth-order valence-electron chi connectivity index (χ4n) is 3.09. The quantitative estimate of drug-likeness (QED) is 0.315. The number of rotatable bonds is 5. The van der Waals surface area contributed by atoms with Crippen LogP contribution in [0.25, 0.3) is 11.7 Å². The minimum Gasteiger partial charge on any atom is -0.293 e. The molecule has 0 atom stereocenters. The largest absolute Gasteiger partial charge is 0.293 e. The van der Waals surface area contributed by atoms with E-state index in [0.717, 1.165) is 16.9 Å². The molecule has 1 aliphatic rings. The van der Waals surface area contributed by atoms with E-state index >= 15 is 0 Å². The van der Waals surface area contributed by atoms with Crippen LogP contribution >= 0.6 is 35.7 Å². The standard InChI is InChI=1S/C22H19N3O2S3/c1-3-11-24-21(27)17(30-22(24)28)12-16-19(29-15-7-5-4-6-8-15)23-18-10-9-14(2)13-25(18)20(16)26/h4-10,12-13H,3,11H2,1-2H3/b17-12-. The SMILES string of the molecule is CCCN1C(=O)/C(=C/c2c(Sc3ccccc3)nc3ccc(C)cn3c2=O)SC1=S. The second-order valence-corrected chi connectivity index (χ2v) is 9.56. The van der Waals surface area contributed by atoms with E-state index in [4.69, 9.17) is 17.2 Å². The minimum atomic E-state index is -0.206. The van der Waals surface area contributed by atoms with Crippen molar-refractivity contribution in [3.8, 4) is 0 Å². The first kappa shape index (κ1) is 20.8. The Morgan fingerprint density at radius 2 is 1.93 bits per heavy atom. The topological polar surface area (TPSA) is 54.7 Å². The molecule has 0 saturated carbocycles. The molecule has 2 aromatic heterocycles. The third kappa shape index (κ3) is 4.08. The van der Waals surface area contributed by atoms with E-state index in [1.807, 2.05) is 56.3 Å². The zero-order valence-corrected chi connectivity index (χ0v) is 18.9. The number of nitrogens with zero attached hydrogens (tertiary/aromatic N) is 3. The van der Waals surface area contributed by atoms with Gasteiger partial charge in [-0.1, -0.05) is 66.9 Å². The molecule has 0 bridgehead atoms. The molecule has 3 heterocycles. The van der Waals surface area contributed by atoms with Crippen molar-refractivity contribution >= 4 is 57.7 Å². The van der Waals surface area contributed by atoms with Gasteiger partial charge in [0, 0.05) is 17.6 Å². The molecule has 0 aliphatic carbocycles. The summed E-state index contributed by atoms with van der Waals surface area (Å²) in [6.07, 6.45) is 4.22. The average molecular weight is 454 g/mol. The maximum absolute atomic E-state index is 13.4. The number of fused-ring (bicyclic) bond motifs is 1. The number of carbonyl (C=O) groups excluding carboxylic acids is 1. The lowest BCUT2D eigenvalue weighted by Crippen LogP contribution is -2.28. The number of thiocarbonyl (C=S) groups is 1. The van der Waals surface area contributed by atoms with Gasteiger partial charge in [-0.2, -0.15) is 0 Å². The van der Waals surface area contributed by atoms with Crippen molar-refractivity contribution in [1.29, 1.82) is 0 Å². The molecule has 1 saturated heterocycles. The summed E-state index contributed by atoms with van der Waals surface area (Å²) >= 11 is 8.00. The van der Waals surface area contributed by atoms with Gasteiger partial charge in [-0.25, -0.2) is 4.98 Å². The number of hydrogen-bond acceptors (Lipinski definition) is 6. The number of amides is 1. The fourth-order valence-corrected chi connectivity index (χ4v) is 5.29. The molecule has 8 heteroatoms. The Morgan fingerprint density at radius 3 is 2.67 bits per heavy atom. The molecule has 1 aliphatic heterocycles. The maximum Gasteiger partial charge on any atom is 0.266 e. The first-order valence-corrected chi connectivity index (χ1v) is 11.5. The third-order valence-corrected chi connectivity index (χ3v) is 6.91. The molecule has 0 N–H and O–H groups in total. The monoisotopic (exact) mass is 453 g/mol. The van der Waals surface area contributed by atoms with Crippen LogP contribution in [0.1, 0.15) is 24.5 Å². The lowest BCUT2D eigenvalue weighted by molar-refractivity contribution is -0.122. The van der Waals surface area contributed by atoms with Crippen LogP contribution in [-0.2, 0) is 4.79 Å². The third-order valence-electron chi connectivity index (χ3n) is 4.52. The Morgan fingerprint density at radius 1 is 1.17 bits per heavy atom. The molecular formula is C22H19N3O2S3. The van der Waals surface area contributed by atoms with Crippen LogP contribution in [0.3, 0.4) is 0 Å². The van der Waals surface area contributed by atoms with Gasteiger partial charge in [0.15, 0.2) is 0 Å². The van der Waals surface area contributed by atoms with E-state index in [1.54, 1.807) is 17.2 Å². The highest BCUT2D eigenvalue weighted by molar-refractivity contribution is 8.26. The summed E-state index contributed by atoms with van der Waals surface area (Å²) < 4.78 is 2.05. The molecule has 3 aromatic rings. The van der Waals surface area contributed by atoms with Gasteiger partial charge >= 0.3 is 0 Å². The molecule has 1 aromatic carbocycles. The van der Waals surface area contributed by atoms with Crippen LogP contribution in [0.2, 0.25) is 0 Å². The summed E-state index contributed by atoms with van der Waals surface area (Å²) in [6, 6.07) is 13.5. The molecule has 0 radical (unpaired) electrons. The van der Waals surface area contributed by atoms with Gasteiger partial charge in [0.05, 0.1) is 10.5 Å². The molecule has 4 rings (SSSR count). The first-order valence-electron chi connectivity index (χ1n) is 9.49. The highest BCUT2D eigenvalue weighted by atomic mass is 32.2. The van der Waals surface area contributed by atoms with Crippen molar-refractivity contribution in [1.82, 2.24) is 14.3 Å². The lowest BCUT2D eigenvalue weighted by atomic mass is 10.2. The molecule has 1 amide bonds. The summed E-state index contributed by atoms with van der Waals surface area (Å²) in [4.78, 5) is 33.9. The zero-order chi connectivity index (χ0) is 21.3. The summed E-state index contributed by atoms with van der Waals surface area (Å²) in [5, 5.41) is 0.566. The number of aromatic nitrogens is 2. The molecule has 152 valence electrons. The van der Waals surface area contributed by atoms with Crippen LogP contribution in [0.15, 0.2) is 68.3 Å². The van der Waals surface area contributed by atoms with Gasteiger partial charge in [-0.05, 0) is 43.2 Å². The van der Waals surface area contributed by atoms with Crippen LogP contribution in [-0.4, -0.2) is 31.1 Å². The molecule has 0 spiro atoms. The van der Waals surface area contributed by atoms with Crippen LogP contribution in [0.5, 0.6) is 0 Å². The van der Waals surface area contributed by atoms with E-state index in [-0.39, 0.29) is 11.5 Å². The number of pyridine rings is 1. The van der Waals surface area contributed by atoms with E-state index in [9.17, 15) is 9.59 Å². The molecule has 30 heavy (non-hydrogen) atoms. The van der Waals surface area contributed by atoms with Gasteiger partial charge in [0.1, 0.15) is 15.0 Å². The Hall–Kier alpha value is -2.42. The summed E-state index contributed by atoms with van der Waals surface area (Å²) in [6.45, 7) is 4.49.